The molecule has 0 aliphatic rings. The molecule has 118 valence electrons. The lowest BCUT2D eigenvalue weighted by atomic mass is 10.1. The van der Waals surface area contributed by atoms with Gasteiger partial charge in [-0.25, -0.2) is 0 Å². The van der Waals surface area contributed by atoms with Crippen molar-refractivity contribution in [3.05, 3.63) is 65.9 Å². The van der Waals surface area contributed by atoms with Gasteiger partial charge >= 0.3 is 0 Å². The highest BCUT2D eigenvalue weighted by Gasteiger charge is 2.02. The standard InChI is InChI=1S/C19H21N3O/c1-2-14-7-9-16(10-8-14)22-19(20)21-12-11-17-13-15-5-3-4-6-18(15)23-17/h3-10,13H,2,11-12H2,1H3,(H3,20,21,22). The van der Waals surface area contributed by atoms with E-state index in [1.807, 2.05) is 36.4 Å². The van der Waals surface area contributed by atoms with E-state index in [2.05, 4.69) is 35.4 Å². The summed E-state index contributed by atoms with van der Waals surface area (Å²) >= 11 is 0. The zero-order chi connectivity index (χ0) is 16.1. The minimum absolute atomic E-state index is 0.422. The Morgan fingerprint density at radius 2 is 1.91 bits per heavy atom. The first-order valence-electron chi connectivity index (χ1n) is 7.88. The van der Waals surface area contributed by atoms with Crippen molar-refractivity contribution in [2.45, 2.75) is 19.8 Å². The van der Waals surface area contributed by atoms with E-state index < -0.39 is 0 Å². The third-order valence-electron chi connectivity index (χ3n) is 3.75. The molecular weight excluding hydrogens is 286 g/mol. The van der Waals surface area contributed by atoms with Crippen LogP contribution >= 0.6 is 0 Å². The highest BCUT2D eigenvalue weighted by Crippen LogP contribution is 2.19. The van der Waals surface area contributed by atoms with Crippen LogP contribution in [0.2, 0.25) is 0 Å². The maximum absolute atomic E-state index is 5.92. The smallest absolute Gasteiger partial charge is 0.193 e. The van der Waals surface area contributed by atoms with Gasteiger partial charge < -0.3 is 15.5 Å². The monoisotopic (exact) mass is 307 g/mol. The fourth-order valence-electron chi connectivity index (χ4n) is 2.46. The number of furan rings is 1. The Morgan fingerprint density at radius 3 is 2.65 bits per heavy atom. The Hall–Kier alpha value is -2.75. The number of aryl methyl sites for hydroxylation is 1. The van der Waals surface area contributed by atoms with Crippen LogP contribution in [-0.2, 0) is 12.8 Å². The number of para-hydroxylation sites is 1. The van der Waals surface area contributed by atoms with E-state index in [4.69, 9.17) is 10.2 Å². The molecule has 0 aliphatic carbocycles. The van der Waals surface area contributed by atoms with Crippen molar-refractivity contribution >= 4 is 22.6 Å². The van der Waals surface area contributed by atoms with Crippen molar-refractivity contribution in [1.29, 1.82) is 0 Å². The Kier molecular flexibility index (Phi) is 4.62. The van der Waals surface area contributed by atoms with Gasteiger partial charge in [-0.05, 0) is 36.2 Å². The molecule has 0 bridgehead atoms. The third kappa shape index (κ3) is 3.92. The molecule has 3 rings (SSSR count). The highest BCUT2D eigenvalue weighted by atomic mass is 16.3. The van der Waals surface area contributed by atoms with Gasteiger partial charge in [-0.3, -0.25) is 4.99 Å². The van der Waals surface area contributed by atoms with Crippen molar-refractivity contribution in [1.82, 2.24) is 0 Å². The molecule has 3 N–H and O–H groups in total. The topological polar surface area (TPSA) is 63.5 Å². The summed E-state index contributed by atoms with van der Waals surface area (Å²) < 4.78 is 5.76. The van der Waals surface area contributed by atoms with Crippen LogP contribution < -0.4 is 11.1 Å². The van der Waals surface area contributed by atoms with Gasteiger partial charge in [0.1, 0.15) is 11.3 Å². The van der Waals surface area contributed by atoms with Crippen molar-refractivity contribution in [3.8, 4) is 0 Å². The number of aliphatic imine (C=N–C) groups is 1. The van der Waals surface area contributed by atoms with Crippen LogP contribution in [0, 0.1) is 0 Å². The summed E-state index contributed by atoms with van der Waals surface area (Å²) in [6.45, 7) is 2.72. The van der Waals surface area contributed by atoms with E-state index in [-0.39, 0.29) is 0 Å². The molecule has 0 spiro atoms. The Morgan fingerprint density at radius 1 is 1.13 bits per heavy atom. The van der Waals surface area contributed by atoms with Crippen LogP contribution in [0.3, 0.4) is 0 Å². The van der Waals surface area contributed by atoms with Gasteiger partial charge in [-0.1, -0.05) is 37.3 Å². The summed E-state index contributed by atoms with van der Waals surface area (Å²) in [5.74, 6) is 1.35. The molecule has 0 amide bonds. The van der Waals surface area contributed by atoms with Crippen molar-refractivity contribution in [3.63, 3.8) is 0 Å². The molecule has 0 radical (unpaired) electrons. The van der Waals surface area contributed by atoms with E-state index in [1.54, 1.807) is 0 Å². The second-order valence-electron chi connectivity index (χ2n) is 5.44. The lowest BCUT2D eigenvalue weighted by Gasteiger charge is -2.06. The zero-order valence-electron chi connectivity index (χ0n) is 13.3. The predicted molar refractivity (Wildman–Crippen MR) is 95.9 cm³/mol. The van der Waals surface area contributed by atoms with Gasteiger partial charge in [0, 0.05) is 24.0 Å². The molecule has 0 unspecified atom stereocenters. The third-order valence-corrected chi connectivity index (χ3v) is 3.75. The first kappa shape index (κ1) is 15.2. The number of fused-ring (bicyclic) bond motifs is 1. The molecule has 4 heteroatoms. The largest absolute Gasteiger partial charge is 0.461 e. The predicted octanol–water partition coefficient (Wildman–Crippen LogP) is 3.96. The number of anilines is 1. The number of nitrogens with two attached hydrogens (primary N) is 1. The molecule has 1 heterocycles. The molecule has 23 heavy (non-hydrogen) atoms. The van der Waals surface area contributed by atoms with Gasteiger partial charge in [0.05, 0.1) is 0 Å². The Balaban J connectivity index is 1.56. The number of nitrogens with zero attached hydrogens (tertiary/aromatic N) is 1. The minimum Gasteiger partial charge on any atom is -0.461 e. The average Bonchev–Trinajstić information content (AvgIpc) is 2.98. The number of nitrogens with one attached hydrogen (secondary N) is 1. The van der Waals surface area contributed by atoms with Gasteiger partial charge in [-0.2, -0.15) is 0 Å². The molecule has 3 aromatic rings. The van der Waals surface area contributed by atoms with Gasteiger partial charge in [0.15, 0.2) is 5.96 Å². The lowest BCUT2D eigenvalue weighted by molar-refractivity contribution is 0.550. The Labute approximate surface area is 136 Å². The van der Waals surface area contributed by atoms with Gasteiger partial charge in [0.25, 0.3) is 0 Å². The second-order valence-corrected chi connectivity index (χ2v) is 5.44. The summed E-state index contributed by atoms with van der Waals surface area (Å²) in [6.07, 6.45) is 1.76. The number of rotatable bonds is 5. The average molecular weight is 307 g/mol. The van der Waals surface area contributed by atoms with Crippen LogP contribution in [0.15, 0.2) is 64.0 Å². The van der Waals surface area contributed by atoms with Crippen LogP contribution in [0.25, 0.3) is 11.0 Å². The fourth-order valence-corrected chi connectivity index (χ4v) is 2.46. The summed E-state index contributed by atoms with van der Waals surface area (Å²) in [5, 5.41) is 4.22. The Bertz CT molecular complexity index is 770. The number of guanidine groups is 1. The maximum atomic E-state index is 5.92. The SMILES string of the molecule is CCc1ccc(NC(N)=NCCc2cc3ccccc3o2)cc1. The number of benzene rings is 2. The van der Waals surface area contributed by atoms with Gasteiger partial charge in [-0.15, -0.1) is 0 Å². The van der Waals surface area contributed by atoms with Crippen LogP contribution in [0.4, 0.5) is 5.69 Å². The molecule has 2 aromatic carbocycles. The summed E-state index contributed by atoms with van der Waals surface area (Å²) in [7, 11) is 0. The maximum Gasteiger partial charge on any atom is 0.193 e. The first-order valence-corrected chi connectivity index (χ1v) is 7.88. The van der Waals surface area contributed by atoms with Gasteiger partial charge in [0.2, 0.25) is 0 Å². The van der Waals surface area contributed by atoms with Crippen molar-refractivity contribution in [2.75, 3.05) is 11.9 Å². The van der Waals surface area contributed by atoms with E-state index >= 15 is 0 Å². The quantitative estimate of drug-likeness (QED) is 0.554. The highest BCUT2D eigenvalue weighted by molar-refractivity contribution is 5.92. The molecule has 0 fully saturated rings. The van der Waals surface area contributed by atoms with E-state index in [0.717, 1.165) is 35.3 Å². The molecule has 1 aromatic heterocycles. The number of hydrogen-bond acceptors (Lipinski definition) is 2. The molecular formula is C19H21N3O. The summed E-state index contributed by atoms with van der Waals surface area (Å²) in [6, 6.07) is 18.2. The minimum atomic E-state index is 0.422. The van der Waals surface area contributed by atoms with Crippen LogP contribution in [-0.4, -0.2) is 12.5 Å². The van der Waals surface area contributed by atoms with E-state index in [1.165, 1.54) is 5.56 Å². The summed E-state index contributed by atoms with van der Waals surface area (Å²) in [5.41, 5.74) is 9.09. The van der Waals surface area contributed by atoms with Crippen LogP contribution in [0.1, 0.15) is 18.2 Å². The lowest BCUT2D eigenvalue weighted by Crippen LogP contribution is -2.23. The van der Waals surface area contributed by atoms with Crippen LogP contribution in [0.5, 0.6) is 0 Å². The molecule has 0 saturated carbocycles. The second kappa shape index (κ2) is 7.01. The molecule has 0 aliphatic heterocycles. The first-order chi connectivity index (χ1) is 11.2. The van der Waals surface area contributed by atoms with E-state index in [9.17, 15) is 0 Å². The molecule has 4 nitrogen and oxygen atoms in total. The normalized spacial score (nSPS) is 11.8. The van der Waals surface area contributed by atoms with E-state index in [0.29, 0.717) is 12.5 Å². The molecule has 0 saturated heterocycles. The zero-order valence-corrected chi connectivity index (χ0v) is 13.3. The summed E-state index contributed by atoms with van der Waals surface area (Å²) in [4.78, 5) is 4.35. The fraction of sp³-hybridized carbons (Fsp3) is 0.211. The number of hydrogen-bond donors (Lipinski definition) is 2. The van der Waals surface area contributed by atoms with Crippen molar-refractivity contribution < 1.29 is 4.42 Å². The molecule has 0 atom stereocenters. The van der Waals surface area contributed by atoms with Crippen molar-refractivity contribution in [2.24, 2.45) is 10.7 Å².